The summed E-state index contributed by atoms with van der Waals surface area (Å²) in [6, 6.07) is 5.73. The number of halogens is 1. The van der Waals surface area contributed by atoms with Gasteiger partial charge in [0.25, 0.3) is 0 Å². The summed E-state index contributed by atoms with van der Waals surface area (Å²) in [4.78, 5) is 14.8. The number of hydrogen-bond donors (Lipinski definition) is 2. The molecule has 20 heavy (non-hydrogen) atoms. The number of thioether (sulfide) groups is 1. The van der Waals surface area contributed by atoms with Gasteiger partial charge in [0.15, 0.2) is 0 Å². The lowest BCUT2D eigenvalue weighted by Gasteiger charge is -2.08. The number of carboxylic acids is 1. The van der Waals surface area contributed by atoms with E-state index in [1.165, 1.54) is 6.07 Å². The number of benzene rings is 1. The topological polar surface area (TPSA) is 76.2 Å². The van der Waals surface area contributed by atoms with E-state index in [0.29, 0.717) is 28.8 Å². The Morgan fingerprint density at radius 1 is 1.45 bits per heavy atom. The largest absolute Gasteiger partial charge is 0.480 e. The van der Waals surface area contributed by atoms with Crippen molar-refractivity contribution in [1.82, 2.24) is 4.98 Å². The Kier molecular flexibility index (Phi) is 4.92. The molecule has 4 nitrogen and oxygen atoms in total. The van der Waals surface area contributed by atoms with E-state index in [0.717, 1.165) is 5.56 Å². The van der Waals surface area contributed by atoms with Crippen LogP contribution in [0, 0.1) is 5.82 Å². The van der Waals surface area contributed by atoms with Gasteiger partial charge in [-0.05, 0) is 35.9 Å². The highest BCUT2D eigenvalue weighted by molar-refractivity contribution is 7.98. The van der Waals surface area contributed by atoms with Gasteiger partial charge in [-0.2, -0.15) is 11.8 Å². The monoisotopic (exact) mass is 294 g/mol. The van der Waals surface area contributed by atoms with Crippen LogP contribution in [0.25, 0.3) is 10.9 Å². The number of nitrogens with two attached hydrogens (primary N) is 1. The van der Waals surface area contributed by atoms with Crippen molar-refractivity contribution in [2.75, 3.05) is 5.75 Å². The van der Waals surface area contributed by atoms with Crippen molar-refractivity contribution >= 4 is 28.6 Å². The van der Waals surface area contributed by atoms with Crippen LogP contribution >= 0.6 is 11.8 Å². The molecule has 1 atom stereocenters. The second-order valence-corrected chi connectivity index (χ2v) is 5.50. The molecular formula is C14H15FN2O2S. The molecule has 6 heteroatoms. The van der Waals surface area contributed by atoms with Crippen molar-refractivity contribution in [2.45, 2.75) is 18.2 Å². The Labute approximate surface area is 120 Å². The number of carboxylic acid groups (broad SMARTS) is 1. The molecule has 0 aliphatic carbocycles. The van der Waals surface area contributed by atoms with Crippen LogP contribution in [-0.4, -0.2) is 27.9 Å². The van der Waals surface area contributed by atoms with E-state index in [2.05, 4.69) is 4.98 Å². The van der Waals surface area contributed by atoms with E-state index in [1.807, 2.05) is 0 Å². The fourth-order valence-electron chi connectivity index (χ4n) is 1.83. The van der Waals surface area contributed by atoms with Gasteiger partial charge >= 0.3 is 5.97 Å². The number of fused-ring (bicyclic) bond motifs is 1. The molecule has 0 aliphatic heterocycles. The van der Waals surface area contributed by atoms with E-state index >= 15 is 0 Å². The van der Waals surface area contributed by atoms with E-state index in [1.54, 1.807) is 36.2 Å². The fraction of sp³-hybridized carbons (Fsp3) is 0.286. The first-order valence-electron chi connectivity index (χ1n) is 6.18. The van der Waals surface area contributed by atoms with Crippen LogP contribution in [-0.2, 0) is 10.5 Å². The number of carbonyl (C=O) groups is 1. The van der Waals surface area contributed by atoms with Crippen LogP contribution < -0.4 is 5.73 Å². The molecule has 1 aromatic heterocycles. The molecule has 1 heterocycles. The molecule has 3 N–H and O–H groups in total. The molecule has 0 fully saturated rings. The van der Waals surface area contributed by atoms with Gasteiger partial charge in [0.05, 0.1) is 5.52 Å². The molecule has 0 amide bonds. The molecule has 0 saturated carbocycles. The Morgan fingerprint density at radius 3 is 3.00 bits per heavy atom. The van der Waals surface area contributed by atoms with Crippen molar-refractivity contribution < 1.29 is 14.3 Å². The highest BCUT2D eigenvalue weighted by atomic mass is 32.2. The second kappa shape index (κ2) is 6.67. The first-order chi connectivity index (χ1) is 9.59. The molecule has 0 saturated heterocycles. The predicted octanol–water partition coefficient (Wildman–Crippen LogP) is 2.41. The predicted molar refractivity (Wildman–Crippen MR) is 78.1 cm³/mol. The lowest BCUT2D eigenvalue weighted by Crippen LogP contribution is -2.30. The normalized spacial score (nSPS) is 12.5. The summed E-state index contributed by atoms with van der Waals surface area (Å²) in [5.74, 6) is 0.0218. The van der Waals surface area contributed by atoms with Gasteiger partial charge in [-0.15, -0.1) is 0 Å². The third kappa shape index (κ3) is 3.46. The number of rotatable bonds is 6. The minimum absolute atomic E-state index is 0.283. The lowest BCUT2D eigenvalue weighted by molar-refractivity contribution is -0.138. The van der Waals surface area contributed by atoms with Crippen molar-refractivity contribution in [1.29, 1.82) is 0 Å². The van der Waals surface area contributed by atoms with Crippen LogP contribution in [0.4, 0.5) is 4.39 Å². The zero-order valence-corrected chi connectivity index (χ0v) is 11.6. The minimum Gasteiger partial charge on any atom is -0.480 e. The Hall–Kier alpha value is -1.66. The zero-order chi connectivity index (χ0) is 14.5. The molecule has 0 radical (unpaired) electrons. The highest BCUT2D eigenvalue weighted by Gasteiger charge is 2.11. The van der Waals surface area contributed by atoms with Gasteiger partial charge in [0.2, 0.25) is 0 Å². The number of aliphatic carboxylic acids is 1. The summed E-state index contributed by atoms with van der Waals surface area (Å²) in [5, 5.41) is 9.19. The molecule has 2 aromatic rings. The van der Waals surface area contributed by atoms with Crippen LogP contribution in [0.5, 0.6) is 0 Å². The Balaban J connectivity index is 2.00. The minimum atomic E-state index is -0.987. The molecule has 0 spiro atoms. The summed E-state index contributed by atoms with van der Waals surface area (Å²) < 4.78 is 13.6. The molecule has 0 bridgehead atoms. The number of hydrogen-bond acceptors (Lipinski definition) is 4. The smallest absolute Gasteiger partial charge is 0.320 e. The van der Waals surface area contributed by atoms with E-state index in [-0.39, 0.29) is 5.82 Å². The number of pyridine rings is 1. The number of aromatic nitrogens is 1. The lowest BCUT2D eigenvalue weighted by atomic mass is 10.1. The van der Waals surface area contributed by atoms with Gasteiger partial charge in [-0.3, -0.25) is 9.78 Å². The van der Waals surface area contributed by atoms with Crippen LogP contribution in [0.3, 0.4) is 0 Å². The maximum Gasteiger partial charge on any atom is 0.320 e. The van der Waals surface area contributed by atoms with Crippen molar-refractivity contribution in [3.05, 3.63) is 41.8 Å². The number of nitrogens with zero attached hydrogens (tertiary/aromatic N) is 1. The van der Waals surface area contributed by atoms with Crippen molar-refractivity contribution in [2.24, 2.45) is 5.73 Å². The fourth-order valence-corrected chi connectivity index (χ4v) is 2.85. The summed E-state index contributed by atoms with van der Waals surface area (Å²) in [6.07, 6.45) is 2.04. The second-order valence-electron chi connectivity index (χ2n) is 4.39. The molecule has 1 unspecified atom stereocenters. The zero-order valence-electron chi connectivity index (χ0n) is 10.8. The third-order valence-corrected chi connectivity index (χ3v) is 3.99. The van der Waals surface area contributed by atoms with Crippen molar-refractivity contribution in [3.63, 3.8) is 0 Å². The maximum atomic E-state index is 13.6. The first-order valence-corrected chi connectivity index (χ1v) is 7.33. The highest BCUT2D eigenvalue weighted by Crippen LogP contribution is 2.23. The maximum absolute atomic E-state index is 13.6. The van der Waals surface area contributed by atoms with E-state index in [9.17, 15) is 9.18 Å². The van der Waals surface area contributed by atoms with Gasteiger partial charge in [0, 0.05) is 17.3 Å². The summed E-state index contributed by atoms with van der Waals surface area (Å²) in [6.45, 7) is 0. The molecule has 2 rings (SSSR count). The van der Waals surface area contributed by atoms with Crippen molar-refractivity contribution in [3.8, 4) is 0 Å². The van der Waals surface area contributed by atoms with Crippen LogP contribution in [0.15, 0.2) is 30.5 Å². The average molecular weight is 294 g/mol. The molecule has 0 aliphatic rings. The molecule has 106 valence electrons. The Morgan fingerprint density at radius 2 is 2.25 bits per heavy atom. The van der Waals surface area contributed by atoms with Gasteiger partial charge < -0.3 is 10.8 Å². The van der Waals surface area contributed by atoms with Gasteiger partial charge in [0.1, 0.15) is 11.9 Å². The third-order valence-electron chi connectivity index (χ3n) is 2.95. The van der Waals surface area contributed by atoms with E-state index < -0.39 is 12.0 Å². The van der Waals surface area contributed by atoms with Crippen LogP contribution in [0.1, 0.15) is 12.0 Å². The summed E-state index contributed by atoms with van der Waals surface area (Å²) >= 11 is 1.57. The van der Waals surface area contributed by atoms with E-state index in [4.69, 9.17) is 10.8 Å². The summed E-state index contributed by atoms with van der Waals surface area (Å²) in [5.41, 5.74) is 7.03. The average Bonchev–Trinajstić information content (AvgIpc) is 2.45. The standard InChI is InChI=1S/C14H15FN2O2S/c15-11-4-3-9(13-10(11)2-1-6-17-13)8-20-7-5-12(16)14(18)19/h1-4,6,12H,5,7-8,16H2,(H,18,19). The SMILES string of the molecule is NC(CCSCc1ccc(F)c2cccnc12)C(=O)O. The Bertz CT molecular complexity index is 621. The van der Waals surface area contributed by atoms with Gasteiger partial charge in [-0.25, -0.2) is 4.39 Å². The van der Waals surface area contributed by atoms with Gasteiger partial charge in [-0.1, -0.05) is 6.07 Å². The quantitative estimate of drug-likeness (QED) is 0.800. The first kappa shape index (κ1) is 14.7. The van der Waals surface area contributed by atoms with Crippen LogP contribution in [0.2, 0.25) is 0 Å². The molecule has 1 aromatic carbocycles. The summed E-state index contributed by atoms with van der Waals surface area (Å²) in [7, 11) is 0. The molecular weight excluding hydrogens is 279 g/mol.